The summed E-state index contributed by atoms with van der Waals surface area (Å²) in [6.45, 7) is 6.10. The van der Waals surface area contributed by atoms with Gasteiger partial charge in [-0.15, -0.1) is 0 Å². The molecule has 0 saturated heterocycles. The van der Waals surface area contributed by atoms with Gasteiger partial charge in [0.05, 0.1) is 9.26 Å². The number of aromatic amines is 1. The molecule has 3 nitrogen and oxygen atoms in total. The van der Waals surface area contributed by atoms with Crippen molar-refractivity contribution in [2.45, 2.75) is 39.5 Å². The molecular formula is C10H15IN2O. The summed E-state index contributed by atoms with van der Waals surface area (Å²) in [4.78, 5) is 18.7. The van der Waals surface area contributed by atoms with Gasteiger partial charge in [0.1, 0.15) is 5.82 Å². The second kappa shape index (κ2) is 4.91. The third-order valence-corrected chi connectivity index (χ3v) is 3.51. The lowest BCUT2D eigenvalue weighted by Gasteiger charge is -2.10. The van der Waals surface area contributed by atoms with Gasteiger partial charge in [-0.2, -0.15) is 0 Å². The topological polar surface area (TPSA) is 45.8 Å². The maximum absolute atomic E-state index is 11.5. The van der Waals surface area contributed by atoms with Crippen LogP contribution in [0.3, 0.4) is 0 Å². The third-order valence-electron chi connectivity index (χ3n) is 2.24. The molecule has 1 unspecified atom stereocenters. The van der Waals surface area contributed by atoms with Gasteiger partial charge in [-0.1, -0.05) is 20.3 Å². The maximum Gasteiger partial charge on any atom is 0.264 e. The lowest BCUT2D eigenvalue weighted by molar-refractivity contribution is 0.620. The highest BCUT2D eigenvalue weighted by Gasteiger charge is 2.10. The number of hydrogen-bond donors (Lipinski definition) is 1. The molecule has 0 saturated carbocycles. The Kier molecular flexibility index (Phi) is 4.10. The van der Waals surface area contributed by atoms with E-state index in [-0.39, 0.29) is 5.56 Å². The first-order valence-corrected chi connectivity index (χ1v) is 5.90. The minimum Gasteiger partial charge on any atom is -0.309 e. The van der Waals surface area contributed by atoms with E-state index >= 15 is 0 Å². The zero-order chi connectivity index (χ0) is 10.7. The van der Waals surface area contributed by atoms with Crippen LogP contribution < -0.4 is 5.56 Å². The largest absolute Gasteiger partial charge is 0.309 e. The van der Waals surface area contributed by atoms with Crippen LogP contribution in [0.1, 0.15) is 44.1 Å². The number of nitrogens with zero attached hydrogens (tertiary/aromatic N) is 1. The lowest BCUT2D eigenvalue weighted by Crippen LogP contribution is -2.18. The van der Waals surface area contributed by atoms with Crippen LogP contribution in [-0.4, -0.2) is 9.97 Å². The summed E-state index contributed by atoms with van der Waals surface area (Å²) in [5.41, 5.74) is 0.809. The Bertz CT molecular complexity index is 373. The summed E-state index contributed by atoms with van der Waals surface area (Å²) < 4.78 is 0.690. The van der Waals surface area contributed by atoms with Crippen molar-refractivity contribution < 1.29 is 0 Å². The van der Waals surface area contributed by atoms with Crippen LogP contribution >= 0.6 is 22.6 Å². The quantitative estimate of drug-likeness (QED) is 0.873. The van der Waals surface area contributed by atoms with E-state index in [2.05, 4.69) is 23.8 Å². The van der Waals surface area contributed by atoms with Crippen LogP contribution in [-0.2, 0) is 0 Å². The average molecular weight is 306 g/mol. The molecule has 1 N–H and O–H groups in total. The Balaban J connectivity index is 3.06. The molecule has 4 heteroatoms. The SMILES string of the molecule is CCCC(C)c1nc(C)c(I)c(=O)[nH]1. The van der Waals surface area contributed by atoms with Crippen LogP contribution in [0.2, 0.25) is 0 Å². The lowest BCUT2D eigenvalue weighted by atomic mass is 10.1. The fourth-order valence-corrected chi connectivity index (χ4v) is 1.65. The first kappa shape index (κ1) is 11.7. The number of nitrogens with one attached hydrogen (secondary N) is 1. The normalized spacial score (nSPS) is 12.9. The van der Waals surface area contributed by atoms with Crippen molar-refractivity contribution in [3.63, 3.8) is 0 Å². The predicted molar refractivity (Wildman–Crippen MR) is 65.6 cm³/mol. The number of aromatic nitrogens is 2. The Hall–Kier alpha value is -0.390. The molecule has 0 aliphatic carbocycles. The van der Waals surface area contributed by atoms with Crippen molar-refractivity contribution in [2.75, 3.05) is 0 Å². The number of halogens is 1. The van der Waals surface area contributed by atoms with Gasteiger partial charge in [0.25, 0.3) is 5.56 Å². The van der Waals surface area contributed by atoms with E-state index < -0.39 is 0 Å². The van der Waals surface area contributed by atoms with Gasteiger partial charge in [-0.3, -0.25) is 4.79 Å². The summed E-state index contributed by atoms with van der Waals surface area (Å²) in [6.07, 6.45) is 2.17. The second-order valence-corrected chi connectivity index (χ2v) is 4.62. The molecule has 0 bridgehead atoms. The number of H-pyrrole nitrogens is 1. The summed E-state index contributed by atoms with van der Waals surface area (Å²) in [5.74, 6) is 1.15. The van der Waals surface area contributed by atoms with Crippen molar-refractivity contribution in [1.29, 1.82) is 0 Å². The summed E-state index contributed by atoms with van der Waals surface area (Å²) in [6, 6.07) is 0. The van der Waals surface area contributed by atoms with E-state index in [0.29, 0.717) is 9.49 Å². The molecule has 1 rings (SSSR count). The summed E-state index contributed by atoms with van der Waals surface area (Å²) >= 11 is 2.02. The molecule has 1 atom stereocenters. The third kappa shape index (κ3) is 2.56. The molecule has 0 spiro atoms. The molecular weight excluding hydrogens is 291 g/mol. The van der Waals surface area contributed by atoms with Crippen LogP contribution in [0.4, 0.5) is 0 Å². The zero-order valence-electron chi connectivity index (χ0n) is 8.72. The van der Waals surface area contributed by atoms with Gasteiger partial charge in [-0.05, 0) is 35.9 Å². The highest BCUT2D eigenvalue weighted by Crippen LogP contribution is 2.16. The number of rotatable bonds is 3. The predicted octanol–water partition coefficient (Wildman–Crippen LogP) is 2.59. The summed E-state index contributed by atoms with van der Waals surface area (Å²) in [7, 11) is 0. The van der Waals surface area contributed by atoms with E-state index in [0.717, 1.165) is 24.4 Å². The molecule has 1 heterocycles. The molecule has 0 aromatic carbocycles. The van der Waals surface area contributed by atoms with E-state index in [4.69, 9.17) is 0 Å². The van der Waals surface area contributed by atoms with E-state index in [1.165, 1.54) is 0 Å². The maximum atomic E-state index is 11.5. The zero-order valence-corrected chi connectivity index (χ0v) is 10.9. The molecule has 78 valence electrons. The Morgan fingerprint density at radius 1 is 1.57 bits per heavy atom. The van der Waals surface area contributed by atoms with E-state index in [1.54, 1.807) is 0 Å². The fourth-order valence-electron chi connectivity index (χ4n) is 1.40. The Morgan fingerprint density at radius 2 is 2.21 bits per heavy atom. The molecule has 0 fully saturated rings. The standard InChI is InChI=1S/C10H15IN2O/c1-4-5-6(2)9-12-7(3)8(11)10(14)13-9/h6H,4-5H2,1-3H3,(H,12,13,14). The van der Waals surface area contributed by atoms with Crippen molar-refractivity contribution in [1.82, 2.24) is 9.97 Å². The van der Waals surface area contributed by atoms with Gasteiger partial charge >= 0.3 is 0 Å². The molecule has 0 aliphatic heterocycles. The minimum absolute atomic E-state index is 0.0175. The molecule has 0 amide bonds. The van der Waals surface area contributed by atoms with Gasteiger partial charge in [0, 0.05) is 5.92 Å². The van der Waals surface area contributed by atoms with Crippen LogP contribution in [0, 0.1) is 10.5 Å². The average Bonchev–Trinajstić information content (AvgIpc) is 2.13. The van der Waals surface area contributed by atoms with Crippen LogP contribution in [0.25, 0.3) is 0 Å². The monoisotopic (exact) mass is 306 g/mol. The molecule has 0 radical (unpaired) electrons. The van der Waals surface area contributed by atoms with Gasteiger partial charge in [0.15, 0.2) is 0 Å². The van der Waals surface area contributed by atoms with Crippen molar-refractivity contribution in [2.24, 2.45) is 0 Å². The Morgan fingerprint density at radius 3 is 2.71 bits per heavy atom. The van der Waals surface area contributed by atoms with Gasteiger partial charge < -0.3 is 4.98 Å². The molecule has 1 aromatic heterocycles. The smallest absolute Gasteiger partial charge is 0.264 e. The molecule has 14 heavy (non-hydrogen) atoms. The van der Waals surface area contributed by atoms with Crippen LogP contribution in [0.5, 0.6) is 0 Å². The first-order chi connectivity index (χ1) is 6.56. The number of hydrogen-bond acceptors (Lipinski definition) is 2. The molecule has 1 aromatic rings. The second-order valence-electron chi connectivity index (χ2n) is 3.54. The van der Waals surface area contributed by atoms with Crippen molar-refractivity contribution in [3.05, 3.63) is 25.4 Å². The van der Waals surface area contributed by atoms with Gasteiger partial charge in [-0.25, -0.2) is 4.98 Å². The van der Waals surface area contributed by atoms with Crippen LogP contribution in [0.15, 0.2) is 4.79 Å². The van der Waals surface area contributed by atoms with Crippen molar-refractivity contribution >= 4 is 22.6 Å². The highest BCUT2D eigenvalue weighted by atomic mass is 127. The van der Waals surface area contributed by atoms with E-state index in [1.807, 2.05) is 29.5 Å². The summed E-state index contributed by atoms with van der Waals surface area (Å²) in [5, 5.41) is 0. The van der Waals surface area contributed by atoms with Gasteiger partial charge in [0.2, 0.25) is 0 Å². The van der Waals surface area contributed by atoms with E-state index in [9.17, 15) is 4.79 Å². The Labute approximate surface area is 97.5 Å². The number of aryl methyl sites for hydroxylation is 1. The first-order valence-electron chi connectivity index (χ1n) is 4.82. The minimum atomic E-state index is -0.0175. The fraction of sp³-hybridized carbons (Fsp3) is 0.600. The molecule has 0 aliphatic rings. The highest BCUT2D eigenvalue weighted by molar-refractivity contribution is 14.1. The van der Waals surface area contributed by atoms with Crippen molar-refractivity contribution in [3.8, 4) is 0 Å².